The number of carbonyl (C=O) groups excluding carboxylic acids is 5. The Hall–Kier alpha value is -12.2. The number of methoxy groups -OCH3 is 2. The third-order valence-corrected chi connectivity index (χ3v) is 22.5. The Bertz CT molecular complexity index is 6050. The van der Waals surface area contributed by atoms with Gasteiger partial charge in [-0.3, -0.25) is 29.6 Å². The molecule has 1 fully saturated rings. The number of hydrogen-bond acceptors (Lipinski definition) is 21. The molecule has 2 aliphatic heterocycles. The van der Waals surface area contributed by atoms with Crippen LogP contribution < -0.4 is 56.6 Å². The monoisotopic (exact) mass is 1830 g/mol. The fourth-order valence-electron chi connectivity index (χ4n) is 14.8. The van der Waals surface area contributed by atoms with E-state index in [1.165, 1.54) is 35.8 Å². The van der Waals surface area contributed by atoms with Gasteiger partial charge in [-0.1, -0.05) is 108 Å². The number of aromatic nitrogens is 7. The molecule has 5 aromatic heterocycles. The topological polar surface area (TPSA) is 328 Å². The van der Waals surface area contributed by atoms with Gasteiger partial charge in [0.1, 0.15) is 40.9 Å². The summed E-state index contributed by atoms with van der Waals surface area (Å²) < 4.78 is 67.9. The first-order valence-corrected chi connectivity index (χ1v) is 43.1. The second kappa shape index (κ2) is 44.1. The molecular weight excluding hydrogens is 1740 g/mol. The molecule has 33 heteroatoms. The number of primary amides is 1. The van der Waals surface area contributed by atoms with Crippen molar-refractivity contribution in [3.63, 3.8) is 0 Å². The summed E-state index contributed by atoms with van der Waals surface area (Å²) in [4.78, 5) is 77.9. The van der Waals surface area contributed by atoms with E-state index in [2.05, 4.69) is 141 Å². The minimum Gasteiger partial charge on any atom is -0.493 e. The number of aryl methyl sites for hydroxylation is 1. The molecule has 126 heavy (non-hydrogen) atoms. The van der Waals surface area contributed by atoms with Crippen LogP contribution in [-0.4, -0.2) is 154 Å². The van der Waals surface area contributed by atoms with Gasteiger partial charge in [0.25, 0.3) is 11.8 Å². The molecule has 658 valence electrons. The number of halogens is 5. The van der Waals surface area contributed by atoms with Gasteiger partial charge in [-0.2, -0.15) is 9.47 Å². The van der Waals surface area contributed by atoms with Crippen molar-refractivity contribution < 1.29 is 61.2 Å². The van der Waals surface area contributed by atoms with Gasteiger partial charge in [-0.25, -0.2) is 28.3 Å². The molecule has 0 bridgehead atoms. The van der Waals surface area contributed by atoms with Crippen LogP contribution in [0, 0.1) is 11.6 Å². The van der Waals surface area contributed by atoms with E-state index in [1.807, 2.05) is 88.3 Å². The molecule has 6 amide bonds. The van der Waals surface area contributed by atoms with Gasteiger partial charge in [0.2, 0.25) is 11.8 Å². The number of esters is 1. The van der Waals surface area contributed by atoms with Crippen LogP contribution in [0.1, 0.15) is 127 Å². The van der Waals surface area contributed by atoms with Crippen LogP contribution >= 0.6 is 50.7 Å². The normalized spacial score (nSPS) is 12.3. The number of rotatable bonds is 30. The quantitative estimate of drug-likeness (QED) is 0.0162. The van der Waals surface area contributed by atoms with Crippen LogP contribution in [0.4, 0.5) is 40.6 Å². The van der Waals surface area contributed by atoms with Crippen LogP contribution in [-0.2, 0) is 53.4 Å². The number of nitrogens with one attached hydrogen (secondary N) is 6. The van der Waals surface area contributed by atoms with E-state index >= 15 is 0 Å². The van der Waals surface area contributed by atoms with E-state index in [9.17, 15) is 32.8 Å². The molecule has 8 N–H and O–H groups in total. The number of hydrogen-bond donors (Lipinski definition) is 7. The summed E-state index contributed by atoms with van der Waals surface area (Å²) >= 11 is 16.0. The van der Waals surface area contributed by atoms with Gasteiger partial charge in [0, 0.05) is 111 Å². The lowest BCUT2D eigenvalue weighted by atomic mass is 9.92. The number of anilines is 4. The van der Waals surface area contributed by atoms with Crippen molar-refractivity contribution in [1.29, 1.82) is 0 Å². The predicted octanol–water partition coefficient (Wildman–Crippen LogP) is 19.2. The molecule has 0 saturated carbocycles. The van der Waals surface area contributed by atoms with Gasteiger partial charge < -0.3 is 70.2 Å². The SMILES string of the molecule is C.CC(C)OCc1ccc2c(c1)c1c3c(c4c(c1n2CCCOC(=O)CN(C)C)Cc1ccccc1-4)C(=O)NC3.CCCNC(=O)Nc1ccc(Oc2ncnc3cc(OC)c(OC)cc23)cc1Cl.Clc1ccc(Nc2nnc(Cc3ccncc3)c3ccccc23)cc1.NC(=O)c1c(OCc2c(F)cc(Br)cc2F)nsc1NC(=O)NCCCCN1CCCC1. The predicted molar refractivity (Wildman–Crippen MR) is 493 cm³/mol. The number of benzene rings is 8. The highest BCUT2D eigenvalue weighted by molar-refractivity contribution is 9.10. The van der Waals surface area contributed by atoms with E-state index in [0.29, 0.717) is 95.6 Å². The maximum absolute atomic E-state index is 14.0. The number of amides is 6. The third kappa shape index (κ3) is 23.3. The zero-order valence-corrected chi connectivity index (χ0v) is 73.9. The molecular formula is C93H99BrCl2F2N16O11S. The first-order chi connectivity index (χ1) is 60.5. The van der Waals surface area contributed by atoms with Crippen molar-refractivity contribution in [2.24, 2.45) is 5.73 Å². The summed E-state index contributed by atoms with van der Waals surface area (Å²) in [6, 6.07) is 44.5. The molecule has 0 atom stereocenters. The van der Waals surface area contributed by atoms with Crippen molar-refractivity contribution >= 4 is 146 Å². The van der Waals surface area contributed by atoms with Crippen LogP contribution in [0.3, 0.4) is 0 Å². The van der Waals surface area contributed by atoms with Crippen LogP contribution in [0.15, 0.2) is 169 Å². The Balaban J connectivity index is 0.000000154. The second-order valence-electron chi connectivity index (χ2n) is 30.2. The van der Waals surface area contributed by atoms with E-state index in [4.69, 9.17) is 57.4 Å². The number of nitrogens with zero attached hydrogens (tertiary/aromatic N) is 9. The average Bonchev–Trinajstić information content (AvgIpc) is 1.53. The molecule has 3 aliphatic rings. The van der Waals surface area contributed by atoms with Crippen molar-refractivity contribution in [1.82, 2.24) is 59.8 Å². The van der Waals surface area contributed by atoms with Gasteiger partial charge >= 0.3 is 18.0 Å². The Kier molecular flexibility index (Phi) is 32.5. The Morgan fingerprint density at radius 1 is 0.738 bits per heavy atom. The zero-order valence-electron chi connectivity index (χ0n) is 70.0. The number of urea groups is 2. The van der Waals surface area contributed by atoms with E-state index < -0.39 is 30.2 Å². The van der Waals surface area contributed by atoms with Crippen molar-refractivity contribution in [3.05, 3.63) is 241 Å². The lowest BCUT2D eigenvalue weighted by Crippen LogP contribution is -2.30. The summed E-state index contributed by atoms with van der Waals surface area (Å²) in [6.07, 6.45) is 12.5. The lowest BCUT2D eigenvalue weighted by molar-refractivity contribution is -0.144. The third-order valence-electron chi connectivity index (χ3n) is 20.7. The highest BCUT2D eigenvalue weighted by Gasteiger charge is 2.36. The van der Waals surface area contributed by atoms with Crippen molar-refractivity contribution in [2.75, 3.05) is 90.1 Å². The molecule has 13 aromatic rings. The second-order valence-corrected chi connectivity index (χ2v) is 32.7. The first-order valence-electron chi connectivity index (χ1n) is 40.8. The molecule has 1 saturated heterocycles. The summed E-state index contributed by atoms with van der Waals surface area (Å²) in [5.74, 6) is -0.278. The number of likely N-dealkylation sites (N-methyl/N-ethyl adjacent to an activating group) is 1. The molecule has 16 rings (SSSR count). The van der Waals surface area contributed by atoms with Crippen LogP contribution in [0.5, 0.6) is 29.0 Å². The maximum atomic E-state index is 14.0. The highest BCUT2D eigenvalue weighted by Crippen LogP contribution is 2.49. The highest BCUT2D eigenvalue weighted by atomic mass is 79.9. The largest absolute Gasteiger partial charge is 0.493 e. The minimum absolute atomic E-state index is 0. The smallest absolute Gasteiger partial charge is 0.320 e. The number of fused-ring (bicyclic) bond motifs is 12. The fraction of sp³-hybridized carbons (Fsp3) is 0.301. The number of likely N-dealkylation sites (tertiary alicyclic amines) is 1. The van der Waals surface area contributed by atoms with Crippen LogP contribution in [0.25, 0.3) is 54.6 Å². The fourth-order valence-corrected chi connectivity index (χ4v) is 16.3. The first kappa shape index (κ1) is 92.9. The summed E-state index contributed by atoms with van der Waals surface area (Å²) in [5, 5.41) is 32.2. The van der Waals surface area contributed by atoms with Crippen LogP contribution in [0.2, 0.25) is 10.0 Å². The summed E-state index contributed by atoms with van der Waals surface area (Å²) in [6.45, 7) is 12.3. The van der Waals surface area contributed by atoms with Crippen molar-refractivity contribution in [2.45, 2.75) is 112 Å². The average molecular weight is 1840 g/mol. The molecule has 0 radical (unpaired) electrons. The minimum atomic E-state index is -0.883. The molecule has 7 heterocycles. The maximum Gasteiger partial charge on any atom is 0.320 e. The molecule has 0 spiro atoms. The van der Waals surface area contributed by atoms with Gasteiger partial charge in [-0.05, 0) is 210 Å². The standard InChI is InChI=1S/C32H35N3O4.C20H24BrF2N5O3S.C20H21ClN4O4.C20H15ClN4.CH4/c1-19(2)39-18-20-10-11-26-23(14-20)29-25-16-33-32(37)30(25)28-22-9-6-5-8-21(22)15-24(28)31(29)35(26)12-7-13-38-27(36)17-34(3)4;21-12-9-14(22)13(15(23)10-12)11-31-18-16(17(24)29)19(32-27-18)26-20(30)25-5-1-2-6-28-7-3-4-8-28;1-4-7-22-20(26)25-15-6-5-12(8-14(15)21)29-19-13-9-17(27-2)18(28-3)10-16(13)23-11-24-19;21-15-5-7-16(8-6-15)23-20-18-4-2-1-3-17(18)19(24-25-20)13-14-9-11-22-12-10-14;/h5-6,8-11,14,19H,7,12-13,15-18H2,1-4H3,(H,33,37);9-10H,1-8,11H2,(H2,24,29)(H2,25,26,30);5-6,8-11H,4,7H2,1-3H3,(H2,22,25,26);1-12H,13H2,(H,23,25);1H4. The van der Waals surface area contributed by atoms with Gasteiger partial charge in [0.05, 0.1) is 84.0 Å². The number of nitrogens with two attached hydrogens (primary N) is 1. The number of carbonyl (C=O) groups is 5. The molecule has 8 aromatic carbocycles. The van der Waals surface area contributed by atoms with E-state index in [0.717, 1.165) is 153 Å². The molecule has 27 nitrogen and oxygen atoms in total. The summed E-state index contributed by atoms with van der Waals surface area (Å²) in [5.41, 5.74) is 19.1. The number of pyridine rings is 1. The zero-order chi connectivity index (χ0) is 88.2. The Morgan fingerprint density at radius 2 is 1.46 bits per heavy atom. The lowest BCUT2D eigenvalue weighted by Gasteiger charge is -2.14. The van der Waals surface area contributed by atoms with Gasteiger partial charge in [-0.15, -0.1) is 5.10 Å². The Morgan fingerprint density at radius 3 is 2.18 bits per heavy atom. The van der Waals surface area contributed by atoms with E-state index in [1.54, 1.807) is 56.9 Å². The van der Waals surface area contributed by atoms with Crippen molar-refractivity contribution in [3.8, 4) is 40.1 Å². The summed E-state index contributed by atoms with van der Waals surface area (Å²) in [7, 11) is 6.82. The number of ether oxygens (including phenoxy) is 6. The number of unbranched alkanes of at least 4 members (excludes halogenated alkanes) is 1. The molecule has 0 unspecified atom stereocenters. The van der Waals surface area contributed by atoms with E-state index in [-0.39, 0.29) is 64.5 Å². The van der Waals surface area contributed by atoms with Gasteiger partial charge in [0.15, 0.2) is 17.3 Å². The molecule has 1 aliphatic carbocycles. The Labute approximate surface area is 751 Å².